The van der Waals surface area contributed by atoms with Gasteiger partial charge in [-0.15, -0.1) is 0 Å². The number of unbranched alkanes of at least 4 members (excludes halogenated alkanes) is 1. The quantitative estimate of drug-likeness (QED) is 0.230. The van der Waals surface area contributed by atoms with Gasteiger partial charge in [-0.05, 0) is 67.8 Å². The van der Waals surface area contributed by atoms with Crippen LogP contribution in [-0.4, -0.2) is 69.8 Å². The van der Waals surface area contributed by atoms with Gasteiger partial charge in [0.2, 0.25) is 0 Å². The van der Waals surface area contributed by atoms with Crippen molar-refractivity contribution in [2.24, 2.45) is 7.05 Å². The third kappa shape index (κ3) is 7.15. The minimum atomic E-state index is -0.240. The number of carbonyl (C=O) groups excluding carboxylic acids is 1. The highest BCUT2D eigenvalue weighted by Gasteiger charge is 2.18. The first-order valence-corrected chi connectivity index (χ1v) is 15.3. The van der Waals surface area contributed by atoms with Gasteiger partial charge in [-0.3, -0.25) is 19.5 Å². The van der Waals surface area contributed by atoms with E-state index in [1.165, 1.54) is 4.57 Å². The number of nitrogens with one attached hydrogen (secondary N) is 2. The van der Waals surface area contributed by atoms with E-state index >= 15 is 0 Å². The second kappa shape index (κ2) is 14.3. The first-order chi connectivity index (χ1) is 21.4. The number of benzene rings is 2. The summed E-state index contributed by atoms with van der Waals surface area (Å²) < 4.78 is 1.52. The zero-order chi connectivity index (χ0) is 31.1. The van der Waals surface area contributed by atoms with Crippen LogP contribution in [0.1, 0.15) is 41.4 Å². The van der Waals surface area contributed by atoms with Crippen LogP contribution >= 0.6 is 0 Å². The number of pyridine rings is 1. The molecule has 1 saturated heterocycles. The van der Waals surface area contributed by atoms with Gasteiger partial charge in [0.05, 0.1) is 23.6 Å². The Balaban J connectivity index is 1.34. The van der Waals surface area contributed by atoms with Crippen molar-refractivity contribution < 1.29 is 9.90 Å². The highest BCUT2D eigenvalue weighted by molar-refractivity contribution is 6.05. The normalized spacial score (nSPS) is 13.6. The Morgan fingerprint density at radius 2 is 1.80 bits per heavy atom. The van der Waals surface area contributed by atoms with Crippen LogP contribution in [0.3, 0.4) is 0 Å². The third-order valence-electron chi connectivity index (χ3n) is 8.11. The summed E-state index contributed by atoms with van der Waals surface area (Å²) in [6.07, 6.45) is 6.18. The Kier molecular flexibility index (Phi) is 10.0. The standard InChI is InChI=1S/C34H41N7O3/c1-4-5-10-30-28(9-7-16-35-30)33(43)38-29-11-6-8-27(24(29)2)31-23-39(3)34(44)32(37-31)36-25-12-14-26(15-13-25)41-19-17-40(18-20-41)21-22-42/h6-9,11-16,23,42H,4-5,10,17-22H2,1-3H3,(H,36,37)(H,38,43). The van der Waals surface area contributed by atoms with Crippen LogP contribution in [0.2, 0.25) is 0 Å². The fraction of sp³-hybridized carbons (Fsp3) is 0.353. The maximum absolute atomic E-state index is 13.3. The molecule has 0 aliphatic carbocycles. The van der Waals surface area contributed by atoms with Gasteiger partial charge in [0.25, 0.3) is 11.5 Å². The summed E-state index contributed by atoms with van der Waals surface area (Å²) in [5.41, 5.74) is 5.97. The molecule has 1 amide bonds. The predicted molar refractivity (Wildman–Crippen MR) is 176 cm³/mol. The lowest BCUT2D eigenvalue weighted by molar-refractivity contribution is 0.102. The molecule has 3 N–H and O–H groups in total. The molecular formula is C34H41N7O3. The number of aromatic nitrogens is 3. The molecule has 0 unspecified atom stereocenters. The monoisotopic (exact) mass is 595 g/mol. The van der Waals surface area contributed by atoms with E-state index in [9.17, 15) is 14.7 Å². The average Bonchev–Trinajstić information content (AvgIpc) is 3.04. The summed E-state index contributed by atoms with van der Waals surface area (Å²) in [5, 5.41) is 15.5. The molecule has 10 nitrogen and oxygen atoms in total. The van der Waals surface area contributed by atoms with Crippen molar-refractivity contribution in [3.05, 3.63) is 94.2 Å². The van der Waals surface area contributed by atoms with Gasteiger partial charge in [-0.2, -0.15) is 0 Å². The predicted octanol–water partition coefficient (Wildman–Crippen LogP) is 4.60. The van der Waals surface area contributed by atoms with Gasteiger partial charge in [-0.1, -0.05) is 25.5 Å². The van der Waals surface area contributed by atoms with E-state index in [4.69, 9.17) is 4.98 Å². The van der Waals surface area contributed by atoms with Gasteiger partial charge in [0.15, 0.2) is 5.82 Å². The van der Waals surface area contributed by atoms with Gasteiger partial charge in [0, 0.05) is 74.8 Å². The molecule has 10 heteroatoms. The molecule has 0 saturated carbocycles. The first kappa shape index (κ1) is 30.9. The third-order valence-corrected chi connectivity index (χ3v) is 8.11. The second-order valence-corrected chi connectivity index (χ2v) is 11.1. The number of hydrogen-bond acceptors (Lipinski definition) is 8. The molecule has 1 aliphatic heterocycles. The molecule has 5 rings (SSSR count). The van der Waals surface area contributed by atoms with E-state index in [1.807, 2.05) is 55.5 Å². The Labute approximate surface area is 258 Å². The molecule has 0 atom stereocenters. The largest absolute Gasteiger partial charge is 0.395 e. The Bertz CT molecular complexity index is 1640. The second-order valence-electron chi connectivity index (χ2n) is 11.1. The van der Waals surface area contributed by atoms with Gasteiger partial charge in [0.1, 0.15) is 0 Å². The van der Waals surface area contributed by atoms with E-state index in [2.05, 4.69) is 32.3 Å². The van der Waals surface area contributed by atoms with Crippen molar-refractivity contribution in [3.63, 3.8) is 0 Å². The SMILES string of the molecule is CCCCc1ncccc1C(=O)Nc1cccc(-c2cn(C)c(=O)c(Nc3ccc(N4CCN(CCO)CC4)cc3)n2)c1C. The van der Waals surface area contributed by atoms with E-state index in [-0.39, 0.29) is 23.9 Å². The summed E-state index contributed by atoms with van der Waals surface area (Å²) in [4.78, 5) is 40.1. The lowest BCUT2D eigenvalue weighted by atomic mass is 10.0. The zero-order valence-electron chi connectivity index (χ0n) is 25.7. The zero-order valence-corrected chi connectivity index (χ0v) is 25.7. The van der Waals surface area contributed by atoms with Crippen LogP contribution in [0.5, 0.6) is 0 Å². The van der Waals surface area contributed by atoms with Gasteiger partial charge in [-0.25, -0.2) is 4.98 Å². The van der Waals surface area contributed by atoms with Crippen molar-refractivity contribution in [2.75, 3.05) is 54.9 Å². The summed E-state index contributed by atoms with van der Waals surface area (Å²) in [5.74, 6) is 0.0239. The minimum absolute atomic E-state index is 0.183. The molecule has 1 fully saturated rings. The molecular weight excluding hydrogens is 554 g/mol. The van der Waals surface area contributed by atoms with E-state index in [1.54, 1.807) is 25.5 Å². The van der Waals surface area contributed by atoms with Crippen molar-refractivity contribution in [1.82, 2.24) is 19.4 Å². The lowest BCUT2D eigenvalue weighted by Crippen LogP contribution is -2.47. The van der Waals surface area contributed by atoms with E-state index < -0.39 is 0 Å². The van der Waals surface area contributed by atoms with Crippen molar-refractivity contribution >= 4 is 28.8 Å². The number of amides is 1. The number of β-amino-alcohol motifs (C(OH)–C–C–N with tert-alkyl or cyclic N) is 1. The van der Waals surface area contributed by atoms with Gasteiger partial charge < -0.3 is 25.2 Å². The topological polar surface area (TPSA) is 116 Å². The number of piperazine rings is 1. The van der Waals surface area contributed by atoms with Crippen LogP contribution in [0.25, 0.3) is 11.3 Å². The molecule has 4 aromatic rings. The van der Waals surface area contributed by atoms with Crippen LogP contribution in [0.4, 0.5) is 22.9 Å². The number of aliphatic hydroxyl groups is 1. The van der Waals surface area contributed by atoms with E-state index in [0.29, 0.717) is 23.5 Å². The molecule has 44 heavy (non-hydrogen) atoms. The Morgan fingerprint density at radius 3 is 2.52 bits per heavy atom. The Hall–Kier alpha value is -4.54. The lowest BCUT2D eigenvalue weighted by Gasteiger charge is -2.35. The molecule has 2 aromatic heterocycles. The van der Waals surface area contributed by atoms with Gasteiger partial charge >= 0.3 is 0 Å². The highest BCUT2D eigenvalue weighted by Crippen LogP contribution is 2.29. The molecule has 3 heterocycles. The van der Waals surface area contributed by atoms with Crippen molar-refractivity contribution in [2.45, 2.75) is 33.1 Å². The molecule has 1 aliphatic rings. The van der Waals surface area contributed by atoms with Crippen LogP contribution in [0, 0.1) is 6.92 Å². The molecule has 0 radical (unpaired) electrons. The first-order valence-electron chi connectivity index (χ1n) is 15.3. The number of hydrogen-bond donors (Lipinski definition) is 3. The van der Waals surface area contributed by atoms with Crippen LogP contribution in [-0.2, 0) is 13.5 Å². The Morgan fingerprint density at radius 1 is 1.02 bits per heavy atom. The number of aliphatic hydroxyl groups excluding tert-OH is 1. The van der Waals surface area contributed by atoms with E-state index in [0.717, 1.165) is 73.6 Å². The van der Waals surface area contributed by atoms with Crippen molar-refractivity contribution in [1.29, 1.82) is 0 Å². The average molecular weight is 596 g/mol. The number of rotatable bonds is 11. The number of nitrogens with zero attached hydrogens (tertiary/aromatic N) is 5. The highest BCUT2D eigenvalue weighted by atomic mass is 16.3. The maximum Gasteiger partial charge on any atom is 0.293 e. The fourth-order valence-electron chi connectivity index (χ4n) is 5.51. The summed E-state index contributed by atoms with van der Waals surface area (Å²) in [6.45, 7) is 8.59. The number of aryl methyl sites for hydroxylation is 2. The van der Waals surface area contributed by atoms with Crippen LogP contribution in [0.15, 0.2) is 71.8 Å². The molecule has 230 valence electrons. The molecule has 2 aromatic carbocycles. The summed E-state index contributed by atoms with van der Waals surface area (Å²) in [7, 11) is 1.71. The summed E-state index contributed by atoms with van der Waals surface area (Å²) in [6, 6.07) is 17.3. The van der Waals surface area contributed by atoms with Crippen LogP contribution < -0.4 is 21.1 Å². The summed E-state index contributed by atoms with van der Waals surface area (Å²) >= 11 is 0. The minimum Gasteiger partial charge on any atom is -0.395 e. The molecule has 0 spiro atoms. The smallest absolute Gasteiger partial charge is 0.293 e. The number of carbonyl (C=O) groups is 1. The maximum atomic E-state index is 13.3. The molecule has 0 bridgehead atoms. The fourth-order valence-corrected chi connectivity index (χ4v) is 5.51. The number of anilines is 4. The van der Waals surface area contributed by atoms with Crippen molar-refractivity contribution in [3.8, 4) is 11.3 Å².